The molecule has 1 aromatic carbocycles. The lowest BCUT2D eigenvalue weighted by Gasteiger charge is -2.18. The summed E-state index contributed by atoms with van der Waals surface area (Å²) < 4.78 is 20.5. The van der Waals surface area contributed by atoms with Crippen molar-refractivity contribution in [3.05, 3.63) is 41.7 Å². The molecule has 2 rings (SSSR count). The number of benzene rings is 1. The van der Waals surface area contributed by atoms with Crippen LogP contribution in [0.25, 0.3) is 0 Å². The highest BCUT2D eigenvalue weighted by Gasteiger charge is 2.16. The first-order chi connectivity index (χ1) is 9.65. The zero-order valence-corrected chi connectivity index (χ0v) is 11.9. The fraction of sp³-hybridized carbons (Fsp3) is 0.429. The van der Waals surface area contributed by atoms with Crippen LogP contribution in [0.2, 0.25) is 0 Å². The molecule has 1 aromatic heterocycles. The Balaban J connectivity index is 2.24. The maximum absolute atomic E-state index is 13.8. The Hall–Kier alpha value is -1.95. The molecule has 0 spiro atoms. The van der Waals surface area contributed by atoms with Crippen LogP contribution in [-0.2, 0) is 13.5 Å². The standard InChI is InChI=1S/C14H19FN4O/c1-4-16-12(8-14-17-9-18-19(14)2)10-5-6-13(20-3)11(15)7-10/h5-7,9,12,16H,4,8H2,1-3H3. The normalized spacial score (nSPS) is 12.4. The van der Waals surface area contributed by atoms with Crippen molar-refractivity contribution >= 4 is 0 Å². The molecular weight excluding hydrogens is 259 g/mol. The largest absolute Gasteiger partial charge is 0.494 e. The fourth-order valence-corrected chi connectivity index (χ4v) is 2.14. The van der Waals surface area contributed by atoms with Gasteiger partial charge in [-0.25, -0.2) is 9.37 Å². The van der Waals surface area contributed by atoms with E-state index in [2.05, 4.69) is 15.4 Å². The van der Waals surface area contributed by atoms with E-state index in [9.17, 15) is 4.39 Å². The SMILES string of the molecule is CCNC(Cc1ncnn1C)c1ccc(OC)c(F)c1. The van der Waals surface area contributed by atoms with Crippen molar-refractivity contribution in [1.29, 1.82) is 0 Å². The monoisotopic (exact) mass is 278 g/mol. The van der Waals surface area contributed by atoms with Crippen LogP contribution < -0.4 is 10.1 Å². The molecule has 0 amide bonds. The first kappa shape index (κ1) is 14.5. The molecule has 108 valence electrons. The molecule has 0 aliphatic heterocycles. The van der Waals surface area contributed by atoms with Crippen molar-refractivity contribution in [2.45, 2.75) is 19.4 Å². The number of ether oxygens (including phenoxy) is 1. The van der Waals surface area contributed by atoms with E-state index < -0.39 is 0 Å². The quantitative estimate of drug-likeness (QED) is 0.876. The van der Waals surface area contributed by atoms with Crippen molar-refractivity contribution in [1.82, 2.24) is 20.1 Å². The van der Waals surface area contributed by atoms with E-state index in [1.54, 1.807) is 10.7 Å². The fourth-order valence-electron chi connectivity index (χ4n) is 2.14. The molecule has 6 heteroatoms. The summed E-state index contributed by atoms with van der Waals surface area (Å²) in [6.45, 7) is 2.81. The van der Waals surface area contributed by atoms with Crippen LogP contribution in [0, 0.1) is 5.82 Å². The topological polar surface area (TPSA) is 52.0 Å². The number of rotatable bonds is 6. The van der Waals surface area contributed by atoms with Gasteiger partial charge >= 0.3 is 0 Å². The number of aryl methyl sites for hydroxylation is 1. The van der Waals surface area contributed by atoms with Crippen LogP contribution in [0.4, 0.5) is 4.39 Å². The minimum Gasteiger partial charge on any atom is -0.494 e. The average Bonchev–Trinajstić information content (AvgIpc) is 2.84. The zero-order valence-electron chi connectivity index (χ0n) is 11.9. The predicted molar refractivity (Wildman–Crippen MR) is 74.1 cm³/mol. The molecule has 0 aliphatic carbocycles. The molecule has 1 N–H and O–H groups in total. The molecule has 1 atom stereocenters. The van der Waals surface area contributed by atoms with Gasteiger partial charge in [-0.15, -0.1) is 0 Å². The molecular formula is C14H19FN4O. The molecule has 0 fully saturated rings. The van der Waals surface area contributed by atoms with Gasteiger partial charge in [0.1, 0.15) is 12.2 Å². The van der Waals surface area contributed by atoms with Gasteiger partial charge in [-0.2, -0.15) is 5.10 Å². The van der Waals surface area contributed by atoms with Gasteiger partial charge < -0.3 is 10.1 Å². The van der Waals surface area contributed by atoms with E-state index in [1.807, 2.05) is 20.0 Å². The highest BCUT2D eigenvalue weighted by atomic mass is 19.1. The lowest BCUT2D eigenvalue weighted by atomic mass is 10.0. The predicted octanol–water partition coefficient (Wildman–Crippen LogP) is 1.86. The van der Waals surface area contributed by atoms with E-state index in [4.69, 9.17) is 4.74 Å². The van der Waals surface area contributed by atoms with E-state index in [0.717, 1.165) is 17.9 Å². The highest BCUT2D eigenvalue weighted by molar-refractivity contribution is 5.31. The average molecular weight is 278 g/mol. The zero-order chi connectivity index (χ0) is 14.5. The number of halogens is 1. The third-order valence-corrected chi connectivity index (χ3v) is 3.22. The summed E-state index contributed by atoms with van der Waals surface area (Å²) in [6.07, 6.45) is 2.17. The Morgan fingerprint density at radius 1 is 1.45 bits per heavy atom. The molecule has 0 saturated heterocycles. The van der Waals surface area contributed by atoms with Crippen LogP contribution in [0.5, 0.6) is 5.75 Å². The van der Waals surface area contributed by atoms with E-state index in [-0.39, 0.29) is 17.6 Å². The smallest absolute Gasteiger partial charge is 0.165 e. The lowest BCUT2D eigenvalue weighted by molar-refractivity contribution is 0.385. The summed E-state index contributed by atoms with van der Waals surface area (Å²) in [6, 6.07) is 5.00. The number of nitrogens with one attached hydrogen (secondary N) is 1. The number of nitrogens with zero attached hydrogens (tertiary/aromatic N) is 3. The van der Waals surface area contributed by atoms with E-state index >= 15 is 0 Å². The molecule has 1 heterocycles. The first-order valence-electron chi connectivity index (χ1n) is 6.55. The van der Waals surface area contributed by atoms with Crippen molar-refractivity contribution in [2.24, 2.45) is 7.05 Å². The summed E-state index contributed by atoms with van der Waals surface area (Å²) in [5.41, 5.74) is 0.869. The summed E-state index contributed by atoms with van der Waals surface area (Å²) in [4.78, 5) is 4.21. The Kier molecular flexibility index (Phi) is 4.68. The van der Waals surface area contributed by atoms with Gasteiger partial charge in [0.2, 0.25) is 0 Å². The summed E-state index contributed by atoms with van der Waals surface area (Å²) in [7, 11) is 3.30. The van der Waals surface area contributed by atoms with Crippen LogP contribution in [0.15, 0.2) is 24.5 Å². The van der Waals surface area contributed by atoms with Gasteiger partial charge in [0.25, 0.3) is 0 Å². The second-order valence-corrected chi connectivity index (χ2v) is 4.51. The van der Waals surface area contributed by atoms with Gasteiger partial charge in [-0.1, -0.05) is 13.0 Å². The molecule has 0 saturated carbocycles. The second kappa shape index (κ2) is 6.47. The Labute approximate surface area is 117 Å². The molecule has 1 unspecified atom stereocenters. The third kappa shape index (κ3) is 3.14. The van der Waals surface area contributed by atoms with Gasteiger partial charge in [0.05, 0.1) is 7.11 Å². The minimum atomic E-state index is -0.356. The molecule has 0 aliphatic rings. The summed E-state index contributed by atoms with van der Waals surface area (Å²) in [5, 5.41) is 7.39. The summed E-state index contributed by atoms with van der Waals surface area (Å²) >= 11 is 0. The number of hydrogen-bond donors (Lipinski definition) is 1. The number of methoxy groups -OCH3 is 1. The van der Waals surface area contributed by atoms with Crippen molar-refractivity contribution in [3.8, 4) is 5.75 Å². The Bertz CT molecular complexity index is 570. The Morgan fingerprint density at radius 2 is 2.25 bits per heavy atom. The van der Waals surface area contributed by atoms with Crippen molar-refractivity contribution < 1.29 is 9.13 Å². The highest BCUT2D eigenvalue weighted by Crippen LogP contribution is 2.23. The minimum absolute atomic E-state index is 0.0108. The van der Waals surface area contributed by atoms with Crippen molar-refractivity contribution in [3.63, 3.8) is 0 Å². The number of likely N-dealkylation sites (N-methyl/N-ethyl adjacent to an activating group) is 1. The molecule has 0 radical (unpaired) electrons. The van der Waals surface area contributed by atoms with E-state index in [0.29, 0.717) is 6.42 Å². The van der Waals surface area contributed by atoms with Crippen LogP contribution >= 0.6 is 0 Å². The maximum atomic E-state index is 13.8. The molecule has 0 bridgehead atoms. The number of aromatic nitrogens is 3. The lowest BCUT2D eigenvalue weighted by Crippen LogP contribution is -2.24. The Morgan fingerprint density at radius 3 is 2.80 bits per heavy atom. The molecule has 5 nitrogen and oxygen atoms in total. The van der Waals surface area contributed by atoms with Crippen LogP contribution in [0.3, 0.4) is 0 Å². The van der Waals surface area contributed by atoms with Gasteiger partial charge in [0, 0.05) is 19.5 Å². The number of hydrogen-bond acceptors (Lipinski definition) is 4. The van der Waals surface area contributed by atoms with Crippen LogP contribution in [-0.4, -0.2) is 28.4 Å². The van der Waals surface area contributed by atoms with Crippen molar-refractivity contribution in [2.75, 3.05) is 13.7 Å². The molecule has 2 aromatic rings. The third-order valence-electron chi connectivity index (χ3n) is 3.22. The summed E-state index contributed by atoms with van der Waals surface area (Å²) in [5.74, 6) is 0.751. The van der Waals surface area contributed by atoms with Gasteiger partial charge in [-0.3, -0.25) is 4.68 Å². The second-order valence-electron chi connectivity index (χ2n) is 4.51. The maximum Gasteiger partial charge on any atom is 0.165 e. The van der Waals surface area contributed by atoms with Crippen LogP contribution in [0.1, 0.15) is 24.4 Å². The van der Waals surface area contributed by atoms with E-state index in [1.165, 1.54) is 19.5 Å². The van der Waals surface area contributed by atoms with Gasteiger partial charge in [0.15, 0.2) is 11.6 Å². The van der Waals surface area contributed by atoms with Gasteiger partial charge in [-0.05, 0) is 24.2 Å². The first-order valence-corrected chi connectivity index (χ1v) is 6.55. The molecule has 20 heavy (non-hydrogen) atoms.